The zero-order chi connectivity index (χ0) is 14.5. The van der Waals surface area contributed by atoms with Crippen molar-refractivity contribution in [2.75, 3.05) is 13.1 Å². The van der Waals surface area contributed by atoms with Crippen molar-refractivity contribution < 1.29 is 0 Å². The summed E-state index contributed by atoms with van der Waals surface area (Å²) in [6.07, 6.45) is 20.3. The van der Waals surface area contributed by atoms with Crippen LogP contribution in [0.4, 0.5) is 0 Å². The Bertz CT molecular complexity index is 324. The third-order valence-corrected chi connectivity index (χ3v) is 3.80. The van der Waals surface area contributed by atoms with Gasteiger partial charge in [0.25, 0.3) is 0 Å². The molecule has 0 radical (unpaired) electrons. The van der Waals surface area contributed by atoms with E-state index in [2.05, 4.69) is 23.5 Å². The maximum absolute atomic E-state index is 5.67. The molecular weight excluding hydrogens is 253 g/mol. The van der Waals surface area contributed by atoms with Crippen LogP contribution in [0.2, 0.25) is 0 Å². The summed E-state index contributed by atoms with van der Waals surface area (Å²) in [5, 5.41) is 3.41. The van der Waals surface area contributed by atoms with Gasteiger partial charge in [-0.05, 0) is 56.8 Å². The Morgan fingerprint density at radius 1 is 0.810 bits per heavy atom. The number of hydrogen-bond donors (Lipinski definition) is 3. The van der Waals surface area contributed by atoms with E-state index in [1.165, 1.54) is 50.6 Å². The molecule has 0 saturated carbocycles. The van der Waals surface area contributed by atoms with Gasteiger partial charge in [0.05, 0.1) is 0 Å². The first-order valence-corrected chi connectivity index (χ1v) is 8.08. The first-order valence-electron chi connectivity index (χ1n) is 8.08. The van der Waals surface area contributed by atoms with Gasteiger partial charge in [-0.25, -0.2) is 0 Å². The third kappa shape index (κ3) is 9.98. The zero-order valence-corrected chi connectivity index (χ0v) is 12.7. The Labute approximate surface area is 142 Å². The zero-order valence-electron chi connectivity index (χ0n) is 12.7. The van der Waals surface area contributed by atoms with Crippen LogP contribution in [0, 0.1) is 5.92 Å². The Hall–Kier alpha value is -0.463. The second kappa shape index (κ2) is 14.5. The Morgan fingerprint density at radius 2 is 1.48 bits per heavy atom. The van der Waals surface area contributed by atoms with Crippen LogP contribution in [0.15, 0.2) is 36.2 Å². The van der Waals surface area contributed by atoms with Crippen molar-refractivity contribution in [3.8, 4) is 0 Å². The molecule has 116 valence electrons. The first kappa shape index (κ1) is 20.5. The van der Waals surface area contributed by atoms with Crippen LogP contribution in [0.25, 0.3) is 0 Å². The topological polar surface area (TPSA) is 64.1 Å². The molecule has 1 rings (SSSR count). The van der Waals surface area contributed by atoms with Crippen molar-refractivity contribution in [1.29, 1.82) is 0 Å². The molecule has 0 aromatic heterocycles. The van der Waals surface area contributed by atoms with Crippen LogP contribution >= 0.6 is 0 Å². The third-order valence-electron chi connectivity index (χ3n) is 3.80. The summed E-state index contributed by atoms with van der Waals surface area (Å²) in [5.74, 6) is 0.612. The van der Waals surface area contributed by atoms with Crippen molar-refractivity contribution in [2.24, 2.45) is 17.4 Å². The summed E-state index contributed by atoms with van der Waals surface area (Å²) < 4.78 is 0. The molecule has 0 fully saturated rings. The number of nitrogens with one attached hydrogen (secondary N) is 1. The van der Waals surface area contributed by atoms with Crippen LogP contribution in [0.5, 0.6) is 0 Å². The van der Waals surface area contributed by atoms with Gasteiger partial charge in [-0.2, -0.15) is 0 Å². The minimum absolute atomic E-state index is 0. The van der Waals surface area contributed by atoms with Crippen molar-refractivity contribution in [2.45, 2.75) is 51.4 Å². The van der Waals surface area contributed by atoms with Crippen LogP contribution < -0.4 is 16.8 Å². The molecular formula is C17H32LiN3. The quantitative estimate of drug-likeness (QED) is 0.404. The van der Waals surface area contributed by atoms with Gasteiger partial charge < -0.3 is 16.8 Å². The summed E-state index contributed by atoms with van der Waals surface area (Å²) in [4.78, 5) is 0. The van der Waals surface area contributed by atoms with E-state index < -0.39 is 0 Å². The van der Waals surface area contributed by atoms with Crippen LogP contribution in [0.3, 0.4) is 0 Å². The predicted octanol–water partition coefficient (Wildman–Crippen LogP) is 2.55. The van der Waals surface area contributed by atoms with Crippen molar-refractivity contribution in [3.05, 3.63) is 36.2 Å². The molecule has 0 saturated heterocycles. The molecule has 4 heteroatoms. The summed E-state index contributed by atoms with van der Waals surface area (Å²) in [5.41, 5.74) is 12.5. The average molecular weight is 285 g/mol. The molecule has 0 bridgehead atoms. The molecule has 3 nitrogen and oxygen atoms in total. The van der Waals surface area contributed by atoms with E-state index in [-0.39, 0.29) is 18.9 Å². The van der Waals surface area contributed by atoms with E-state index in [0.29, 0.717) is 5.92 Å². The maximum atomic E-state index is 5.67. The van der Waals surface area contributed by atoms with E-state index in [4.69, 9.17) is 11.5 Å². The summed E-state index contributed by atoms with van der Waals surface area (Å²) in [6.45, 7) is 1.61. The van der Waals surface area contributed by atoms with Gasteiger partial charge in [-0.3, -0.25) is 0 Å². The van der Waals surface area contributed by atoms with Crippen LogP contribution in [-0.4, -0.2) is 32.0 Å². The number of rotatable bonds is 11. The standard InChI is InChI=1S/C17H31N3.Li.H/c18-13-7-3-1-2-5-10-16(11-9-14-19)17-12-6-4-8-15-20-17;;/h4,6,8,12,15-16,20H,1-3,5,7,9-11,13-14,18-19H2;;. The fourth-order valence-corrected chi connectivity index (χ4v) is 2.61. The van der Waals surface area contributed by atoms with Gasteiger partial charge in [-0.1, -0.05) is 37.8 Å². The van der Waals surface area contributed by atoms with Crippen LogP contribution in [0.1, 0.15) is 51.4 Å². The van der Waals surface area contributed by atoms with E-state index >= 15 is 0 Å². The summed E-state index contributed by atoms with van der Waals surface area (Å²) in [7, 11) is 0. The van der Waals surface area contributed by atoms with Crippen molar-refractivity contribution in [3.63, 3.8) is 0 Å². The molecule has 5 N–H and O–H groups in total. The van der Waals surface area contributed by atoms with Crippen molar-refractivity contribution in [1.82, 2.24) is 5.32 Å². The van der Waals surface area contributed by atoms with E-state index in [1.54, 1.807) is 0 Å². The van der Waals surface area contributed by atoms with Gasteiger partial charge in [0.15, 0.2) is 0 Å². The van der Waals surface area contributed by atoms with E-state index in [9.17, 15) is 0 Å². The summed E-state index contributed by atoms with van der Waals surface area (Å²) in [6, 6.07) is 0. The Kier molecular flexibility index (Phi) is 14.2. The summed E-state index contributed by atoms with van der Waals surface area (Å²) >= 11 is 0. The van der Waals surface area contributed by atoms with Crippen LogP contribution in [-0.2, 0) is 0 Å². The van der Waals surface area contributed by atoms with Gasteiger partial charge in [-0.15, -0.1) is 0 Å². The van der Waals surface area contributed by atoms with E-state index in [1.807, 2.05) is 12.3 Å². The molecule has 1 atom stereocenters. The molecule has 1 aliphatic rings. The molecule has 21 heavy (non-hydrogen) atoms. The molecule has 0 aromatic carbocycles. The number of allylic oxidation sites excluding steroid dienone is 5. The fourth-order valence-electron chi connectivity index (χ4n) is 2.61. The van der Waals surface area contributed by atoms with Gasteiger partial charge in [0.1, 0.15) is 0 Å². The molecule has 0 aliphatic carbocycles. The normalized spacial score (nSPS) is 14.9. The Balaban J connectivity index is 0.00000400. The monoisotopic (exact) mass is 285 g/mol. The van der Waals surface area contributed by atoms with E-state index in [0.717, 1.165) is 19.5 Å². The number of hydrogen-bond acceptors (Lipinski definition) is 3. The van der Waals surface area contributed by atoms with Gasteiger partial charge in [0.2, 0.25) is 0 Å². The first-order chi connectivity index (χ1) is 9.88. The van der Waals surface area contributed by atoms with Gasteiger partial charge >= 0.3 is 18.9 Å². The minimum atomic E-state index is 0. The van der Waals surface area contributed by atoms with Gasteiger partial charge in [0, 0.05) is 11.9 Å². The molecule has 1 aliphatic heterocycles. The molecule has 0 aromatic rings. The molecule has 0 amide bonds. The molecule has 1 unspecified atom stereocenters. The molecule has 1 heterocycles. The number of unbranched alkanes of at least 4 members (excludes halogenated alkanes) is 4. The predicted molar refractivity (Wildman–Crippen MR) is 95.2 cm³/mol. The fraction of sp³-hybridized carbons (Fsp3) is 0.647. The van der Waals surface area contributed by atoms with Crippen molar-refractivity contribution >= 4 is 18.9 Å². The molecule has 0 spiro atoms. The average Bonchev–Trinajstić information content (AvgIpc) is 2.75. The number of nitrogens with two attached hydrogens (primary N) is 2. The second-order valence-electron chi connectivity index (χ2n) is 5.48. The SMILES string of the molecule is NCCCCCCCC(CCCN)C1=CC=CC=CN1.[LiH]. The second-order valence-corrected chi connectivity index (χ2v) is 5.48. The Morgan fingerprint density at radius 3 is 2.24 bits per heavy atom.